The Kier molecular flexibility index (Phi) is 5.54. The molecule has 2 N–H and O–H groups in total. The topological polar surface area (TPSA) is 67.4 Å². The summed E-state index contributed by atoms with van der Waals surface area (Å²) in [5, 5.41) is 5.26. The van der Waals surface area contributed by atoms with E-state index in [9.17, 15) is 27.2 Å². The fraction of sp³-hybridized carbons (Fsp3) is 0.400. The molecular weight excluding hydrogens is 424 g/mol. The van der Waals surface area contributed by atoms with Crippen molar-refractivity contribution in [2.75, 3.05) is 18.5 Å². The second kappa shape index (κ2) is 7.99. The van der Waals surface area contributed by atoms with E-state index in [-0.39, 0.29) is 17.2 Å². The van der Waals surface area contributed by atoms with E-state index < -0.39 is 34.9 Å². The molecule has 0 atom stereocenters. The first-order valence-electron chi connectivity index (χ1n) is 9.43. The van der Waals surface area contributed by atoms with Crippen molar-refractivity contribution in [2.45, 2.75) is 32.0 Å². The molecule has 0 radical (unpaired) electrons. The number of rotatable bonds is 5. The van der Waals surface area contributed by atoms with Crippen LogP contribution in [-0.4, -0.2) is 25.0 Å². The van der Waals surface area contributed by atoms with Gasteiger partial charge in [0.25, 0.3) is 11.8 Å². The number of ether oxygens (including phenoxy) is 1. The van der Waals surface area contributed by atoms with Crippen molar-refractivity contribution in [1.82, 2.24) is 5.32 Å². The van der Waals surface area contributed by atoms with Gasteiger partial charge in [0.2, 0.25) is 0 Å². The molecule has 30 heavy (non-hydrogen) atoms. The molecule has 2 amide bonds. The molecule has 2 aromatic rings. The van der Waals surface area contributed by atoms with Crippen LogP contribution in [0, 0.1) is 11.7 Å². The highest BCUT2D eigenvalue weighted by atomic mass is 32.1. The number of hydrogen-bond acceptors (Lipinski definition) is 4. The number of thiophene rings is 1. The summed E-state index contributed by atoms with van der Waals surface area (Å²) in [6.45, 7) is 1.14. The predicted molar refractivity (Wildman–Crippen MR) is 102 cm³/mol. The zero-order chi connectivity index (χ0) is 21.5. The van der Waals surface area contributed by atoms with Crippen molar-refractivity contribution in [3.63, 3.8) is 0 Å². The molecule has 5 nitrogen and oxygen atoms in total. The van der Waals surface area contributed by atoms with E-state index in [1.807, 2.05) is 0 Å². The van der Waals surface area contributed by atoms with Gasteiger partial charge in [0.1, 0.15) is 10.8 Å². The van der Waals surface area contributed by atoms with Crippen molar-refractivity contribution in [2.24, 2.45) is 5.92 Å². The molecule has 1 aliphatic carbocycles. The maximum absolute atomic E-state index is 14.2. The summed E-state index contributed by atoms with van der Waals surface area (Å²) in [6, 6.07) is 2.34. The Morgan fingerprint density at radius 1 is 1.17 bits per heavy atom. The van der Waals surface area contributed by atoms with Crippen LogP contribution < -0.4 is 10.6 Å². The van der Waals surface area contributed by atoms with Crippen molar-refractivity contribution in [1.29, 1.82) is 0 Å². The van der Waals surface area contributed by atoms with E-state index in [0.717, 1.165) is 41.2 Å². The zero-order valence-corrected chi connectivity index (χ0v) is 16.5. The van der Waals surface area contributed by atoms with Crippen LogP contribution in [0.1, 0.15) is 49.6 Å². The van der Waals surface area contributed by atoms with Gasteiger partial charge in [-0.15, -0.1) is 11.3 Å². The lowest BCUT2D eigenvalue weighted by Gasteiger charge is -2.15. The van der Waals surface area contributed by atoms with Gasteiger partial charge in [-0.25, -0.2) is 4.39 Å². The SMILES string of the molecule is O=C(Nc1sc2c(c1C(=O)NCC1CC1)CCOC2)c1c(F)cccc1C(F)(F)F. The van der Waals surface area contributed by atoms with Crippen LogP contribution in [-0.2, 0) is 23.9 Å². The minimum Gasteiger partial charge on any atom is -0.376 e. The number of fused-ring (bicyclic) bond motifs is 1. The lowest BCUT2D eigenvalue weighted by atomic mass is 10.0. The minimum absolute atomic E-state index is 0.0974. The highest BCUT2D eigenvalue weighted by molar-refractivity contribution is 7.17. The molecule has 4 rings (SSSR count). The summed E-state index contributed by atoms with van der Waals surface area (Å²) >= 11 is 1.06. The molecule has 2 aliphatic rings. The molecule has 10 heteroatoms. The highest BCUT2D eigenvalue weighted by Gasteiger charge is 2.37. The third-order valence-electron chi connectivity index (χ3n) is 5.07. The van der Waals surface area contributed by atoms with Crippen LogP contribution in [0.4, 0.5) is 22.6 Å². The summed E-state index contributed by atoms with van der Waals surface area (Å²) in [6.07, 6.45) is -2.39. The van der Waals surface area contributed by atoms with Gasteiger partial charge in [-0.2, -0.15) is 13.2 Å². The third-order valence-corrected chi connectivity index (χ3v) is 6.19. The van der Waals surface area contributed by atoms with Crippen LogP contribution in [0.15, 0.2) is 18.2 Å². The van der Waals surface area contributed by atoms with Gasteiger partial charge in [-0.05, 0) is 42.9 Å². The predicted octanol–water partition coefficient (Wildman–Crippen LogP) is 4.37. The van der Waals surface area contributed by atoms with E-state index in [0.29, 0.717) is 37.1 Å². The fourth-order valence-electron chi connectivity index (χ4n) is 3.36. The van der Waals surface area contributed by atoms with Gasteiger partial charge < -0.3 is 15.4 Å². The standard InChI is InChI=1S/C20H18F4N2O3S/c21-13-3-1-2-12(20(22,23)24)16(13)18(28)26-19-15(17(27)25-8-10-4-5-10)11-6-7-29-9-14(11)30-19/h1-3,10H,4-9H2,(H,25,27)(H,26,28). The molecular formula is C20H18F4N2O3S. The van der Waals surface area contributed by atoms with Gasteiger partial charge in [0, 0.05) is 11.4 Å². The molecule has 1 saturated carbocycles. The zero-order valence-electron chi connectivity index (χ0n) is 15.7. The Morgan fingerprint density at radius 3 is 2.63 bits per heavy atom. The van der Waals surface area contributed by atoms with Crippen LogP contribution in [0.5, 0.6) is 0 Å². The Balaban J connectivity index is 1.67. The van der Waals surface area contributed by atoms with E-state index in [4.69, 9.17) is 4.74 Å². The van der Waals surface area contributed by atoms with E-state index in [1.54, 1.807) is 0 Å². The molecule has 0 unspecified atom stereocenters. The first-order chi connectivity index (χ1) is 14.3. The van der Waals surface area contributed by atoms with E-state index in [1.165, 1.54) is 0 Å². The number of carbonyl (C=O) groups is 2. The Labute approximate surface area is 173 Å². The first-order valence-corrected chi connectivity index (χ1v) is 10.2. The van der Waals surface area contributed by atoms with E-state index >= 15 is 0 Å². The Bertz CT molecular complexity index is 999. The number of anilines is 1. The lowest BCUT2D eigenvalue weighted by Crippen LogP contribution is -2.28. The fourth-order valence-corrected chi connectivity index (χ4v) is 4.54. The lowest BCUT2D eigenvalue weighted by molar-refractivity contribution is -0.138. The number of nitrogens with one attached hydrogen (secondary N) is 2. The van der Waals surface area contributed by atoms with Crippen LogP contribution >= 0.6 is 11.3 Å². The van der Waals surface area contributed by atoms with Crippen molar-refractivity contribution in [3.05, 3.63) is 51.1 Å². The highest BCUT2D eigenvalue weighted by Crippen LogP contribution is 2.38. The molecule has 2 heterocycles. The quantitative estimate of drug-likeness (QED) is 0.676. The maximum Gasteiger partial charge on any atom is 0.417 e. The number of halogens is 4. The number of hydrogen-bond donors (Lipinski definition) is 2. The van der Waals surface area contributed by atoms with Gasteiger partial charge in [-0.1, -0.05) is 6.07 Å². The Hall–Kier alpha value is -2.46. The van der Waals surface area contributed by atoms with E-state index in [2.05, 4.69) is 10.6 Å². The molecule has 1 aliphatic heterocycles. The summed E-state index contributed by atoms with van der Waals surface area (Å²) in [5.41, 5.74) is -1.54. The van der Waals surface area contributed by atoms with Gasteiger partial charge in [-0.3, -0.25) is 9.59 Å². The van der Waals surface area contributed by atoms with Crippen molar-refractivity contribution in [3.8, 4) is 0 Å². The second-order valence-electron chi connectivity index (χ2n) is 7.28. The number of carbonyl (C=O) groups excluding carboxylic acids is 2. The molecule has 0 bridgehead atoms. The maximum atomic E-state index is 14.2. The summed E-state index contributed by atoms with van der Waals surface area (Å²) in [4.78, 5) is 26.2. The number of alkyl halides is 3. The number of amides is 2. The van der Waals surface area contributed by atoms with Crippen molar-refractivity contribution < 1.29 is 31.9 Å². The van der Waals surface area contributed by atoms with Gasteiger partial charge in [0.15, 0.2) is 0 Å². The minimum atomic E-state index is -4.90. The largest absolute Gasteiger partial charge is 0.417 e. The third kappa shape index (κ3) is 4.20. The normalized spacial score (nSPS) is 16.1. The van der Waals surface area contributed by atoms with Crippen LogP contribution in [0.3, 0.4) is 0 Å². The molecule has 0 saturated heterocycles. The average molecular weight is 442 g/mol. The smallest absolute Gasteiger partial charge is 0.376 e. The van der Waals surface area contributed by atoms with Gasteiger partial charge in [0.05, 0.1) is 29.9 Å². The monoisotopic (exact) mass is 442 g/mol. The summed E-state index contributed by atoms with van der Waals surface area (Å²) in [7, 11) is 0. The van der Waals surface area contributed by atoms with Gasteiger partial charge >= 0.3 is 6.18 Å². The summed E-state index contributed by atoms with van der Waals surface area (Å²) < 4.78 is 59.4. The average Bonchev–Trinajstić information content (AvgIpc) is 3.44. The molecule has 160 valence electrons. The second-order valence-corrected chi connectivity index (χ2v) is 8.38. The Morgan fingerprint density at radius 2 is 1.93 bits per heavy atom. The van der Waals surface area contributed by atoms with Crippen LogP contribution in [0.2, 0.25) is 0 Å². The van der Waals surface area contributed by atoms with Crippen molar-refractivity contribution >= 4 is 28.2 Å². The summed E-state index contributed by atoms with van der Waals surface area (Å²) in [5.74, 6) is -2.51. The molecule has 0 spiro atoms. The van der Waals surface area contributed by atoms with Crippen LogP contribution in [0.25, 0.3) is 0 Å². The molecule has 1 aromatic carbocycles. The molecule has 1 aromatic heterocycles. The molecule has 1 fully saturated rings. The first kappa shape index (κ1) is 20.8. The number of benzene rings is 1.